The molecule has 0 saturated heterocycles. The number of benzene rings is 2. The van der Waals surface area contributed by atoms with Gasteiger partial charge in [-0.15, -0.1) is 0 Å². The monoisotopic (exact) mass is 354 g/mol. The summed E-state index contributed by atoms with van der Waals surface area (Å²) >= 11 is 0. The van der Waals surface area contributed by atoms with Crippen LogP contribution in [0.2, 0.25) is 0 Å². The summed E-state index contributed by atoms with van der Waals surface area (Å²) in [4.78, 5) is 30.4. The molecule has 2 aliphatic rings. The van der Waals surface area contributed by atoms with Crippen LogP contribution in [0, 0.1) is 0 Å². The van der Waals surface area contributed by atoms with Crippen LogP contribution < -0.4 is 0 Å². The van der Waals surface area contributed by atoms with Crippen molar-refractivity contribution in [3.05, 3.63) is 88.0 Å². The molecule has 0 unspecified atom stereocenters. The normalized spacial score (nSPS) is 16.9. The molecule has 0 atom stereocenters. The molecule has 0 fully saturated rings. The molecule has 1 heterocycles. The zero-order valence-electron chi connectivity index (χ0n) is 15.0. The minimum atomic E-state index is -0.176. The third kappa shape index (κ3) is 2.33. The molecule has 1 aromatic heterocycles. The van der Waals surface area contributed by atoms with Gasteiger partial charge in [0.2, 0.25) is 11.6 Å². The molecule has 0 bridgehead atoms. The largest absolute Gasteiger partial charge is 0.324 e. The van der Waals surface area contributed by atoms with E-state index in [1.165, 1.54) is 16.7 Å². The van der Waals surface area contributed by atoms with Crippen LogP contribution >= 0.6 is 0 Å². The van der Waals surface area contributed by atoms with Crippen molar-refractivity contribution >= 4 is 23.2 Å². The van der Waals surface area contributed by atoms with Gasteiger partial charge < -0.3 is 4.57 Å². The molecule has 5 rings (SSSR count). The second-order valence-corrected chi connectivity index (χ2v) is 7.11. The minimum Gasteiger partial charge on any atom is -0.324 e. The molecule has 0 aliphatic heterocycles. The molecule has 0 amide bonds. The summed E-state index contributed by atoms with van der Waals surface area (Å²) in [6, 6.07) is 15.4. The first-order valence-electron chi connectivity index (χ1n) is 9.19. The van der Waals surface area contributed by atoms with Gasteiger partial charge in [-0.2, -0.15) is 0 Å². The quantitative estimate of drug-likeness (QED) is 0.518. The fraction of sp³-hybridized carbons (Fsp3) is 0.174. The number of hydrogen-bond donors (Lipinski definition) is 0. The van der Waals surface area contributed by atoms with Crippen molar-refractivity contribution < 1.29 is 9.59 Å². The number of allylic oxidation sites excluding steroid dienone is 1. The summed E-state index contributed by atoms with van der Waals surface area (Å²) in [6.45, 7) is 0. The number of carbonyl (C=O) groups excluding carboxylic acids is 2. The third-order valence-corrected chi connectivity index (χ3v) is 5.54. The van der Waals surface area contributed by atoms with Gasteiger partial charge in [0.25, 0.3) is 0 Å². The highest BCUT2D eigenvalue weighted by atomic mass is 16.1. The molecule has 4 heteroatoms. The summed E-state index contributed by atoms with van der Waals surface area (Å²) in [6.07, 6.45) is 5.17. The Balaban J connectivity index is 1.66. The van der Waals surface area contributed by atoms with Gasteiger partial charge >= 0.3 is 0 Å². The zero-order chi connectivity index (χ0) is 18.5. The molecule has 2 aromatic carbocycles. The Morgan fingerprint density at radius 1 is 0.889 bits per heavy atom. The average Bonchev–Trinajstić information content (AvgIpc) is 3.03. The number of carbonyl (C=O) groups is 2. The lowest BCUT2D eigenvalue weighted by Gasteiger charge is -2.18. The van der Waals surface area contributed by atoms with E-state index >= 15 is 0 Å². The average molecular weight is 354 g/mol. The van der Waals surface area contributed by atoms with Crippen molar-refractivity contribution in [1.29, 1.82) is 0 Å². The van der Waals surface area contributed by atoms with E-state index in [1.807, 2.05) is 19.2 Å². The first-order valence-corrected chi connectivity index (χ1v) is 9.19. The highest BCUT2D eigenvalue weighted by Crippen LogP contribution is 2.33. The van der Waals surface area contributed by atoms with E-state index in [0.29, 0.717) is 22.6 Å². The van der Waals surface area contributed by atoms with Gasteiger partial charge in [0.1, 0.15) is 17.2 Å². The summed E-state index contributed by atoms with van der Waals surface area (Å²) in [5, 5.41) is 0. The van der Waals surface area contributed by atoms with Crippen LogP contribution in [0.3, 0.4) is 0 Å². The van der Waals surface area contributed by atoms with E-state index in [9.17, 15) is 9.59 Å². The predicted molar refractivity (Wildman–Crippen MR) is 104 cm³/mol. The Morgan fingerprint density at radius 2 is 1.56 bits per heavy atom. The van der Waals surface area contributed by atoms with Gasteiger partial charge in [-0.05, 0) is 42.0 Å². The Labute approximate surface area is 157 Å². The molecular formula is C23H18N2O2. The lowest BCUT2D eigenvalue weighted by molar-refractivity contribution is 0.0971. The van der Waals surface area contributed by atoms with E-state index in [1.54, 1.807) is 28.8 Å². The molecule has 0 radical (unpaired) electrons. The molecule has 0 spiro atoms. The van der Waals surface area contributed by atoms with E-state index in [2.05, 4.69) is 23.2 Å². The first kappa shape index (κ1) is 15.9. The number of aromatic nitrogens is 2. The maximum atomic E-state index is 12.9. The number of hydrogen-bond acceptors (Lipinski definition) is 3. The van der Waals surface area contributed by atoms with E-state index in [0.717, 1.165) is 19.3 Å². The van der Waals surface area contributed by atoms with Crippen molar-refractivity contribution in [3.8, 4) is 0 Å². The number of aryl methyl sites for hydroxylation is 1. The Morgan fingerprint density at radius 3 is 2.33 bits per heavy atom. The van der Waals surface area contributed by atoms with Gasteiger partial charge in [0, 0.05) is 18.2 Å². The van der Waals surface area contributed by atoms with Crippen molar-refractivity contribution in [2.24, 2.45) is 7.05 Å². The van der Waals surface area contributed by atoms with Gasteiger partial charge in [-0.1, -0.05) is 48.5 Å². The molecule has 27 heavy (non-hydrogen) atoms. The SMILES string of the molecule is Cn1c(/C=C2\CCCc3ccccc32)nc2c1C(=O)c1ccccc1C2=O. The zero-order valence-corrected chi connectivity index (χ0v) is 15.0. The van der Waals surface area contributed by atoms with Crippen LogP contribution in [0.15, 0.2) is 48.5 Å². The molecule has 0 N–H and O–H groups in total. The van der Waals surface area contributed by atoms with E-state index < -0.39 is 0 Å². The summed E-state index contributed by atoms with van der Waals surface area (Å²) in [5.41, 5.74) is 5.33. The second-order valence-electron chi connectivity index (χ2n) is 7.11. The summed E-state index contributed by atoms with van der Waals surface area (Å²) in [7, 11) is 1.81. The van der Waals surface area contributed by atoms with Crippen molar-refractivity contribution in [3.63, 3.8) is 0 Å². The second kappa shape index (κ2) is 5.88. The van der Waals surface area contributed by atoms with Crippen molar-refractivity contribution in [1.82, 2.24) is 9.55 Å². The third-order valence-electron chi connectivity index (χ3n) is 5.54. The smallest absolute Gasteiger partial charge is 0.214 e. The fourth-order valence-electron chi connectivity index (χ4n) is 4.16. The molecule has 132 valence electrons. The Hall–Kier alpha value is -3.27. The van der Waals surface area contributed by atoms with Crippen LogP contribution in [-0.4, -0.2) is 21.1 Å². The van der Waals surface area contributed by atoms with E-state index in [-0.39, 0.29) is 17.3 Å². The molecule has 0 saturated carbocycles. The van der Waals surface area contributed by atoms with Crippen LogP contribution in [0.5, 0.6) is 0 Å². The Bertz CT molecular complexity index is 1150. The van der Waals surface area contributed by atoms with Gasteiger partial charge in [0.05, 0.1) is 0 Å². The molecule has 4 nitrogen and oxygen atoms in total. The van der Waals surface area contributed by atoms with E-state index in [4.69, 9.17) is 0 Å². The number of rotatable bonds is 1. The van der Waals surface area contributed by atoms with Crippen LogP contribution in [0.25, 0.3) is 11.6 Å². The number of fused-ring (bicyclic) bond motifs is 3. The lowest BCUT2D eigenvalue weighted by atomic mass is 9.87. The molecule has 3 aromatic rings. The first-order chi connectivity index (χ1) is 13.1. The van der Waals surface area contributed by atoms with Gasteiger partial charge in [-0.3, -0.25) is 9.59 Å². The van der Waals surface area contributed by atoms with Crippen molar-refractivity contribution in [2.45, 2.75) is 19.3 Å². The lowest BCUT2D eigenvalue weighted by Crippen LogP contribution is -2.22. The van der Waals surface area contributed by atoms with Crippen molar-refractivity contribution in [2.75, 3.05) is 0 Å². The molecular weight excluding hydrogens is 336 g/mol. The number of nitrogens with zero attached hydrogens (tertiary/aromatic N) is 2. The number of imidazole rings is 1. The fourth-order valence-corrected chi connectivity index (χ4v) is 4.16. The summed E-state index contributed by atoms with van der Waals surface area (Å²) in [5.74, 6) is 0.342. The van der Waals surface area contributed by atoms with Crippen LogP contribution in [0.1, 0.15) is 61.9 Å². The van der Waals surface area contributed by atoms with Crippen LogP contribution in [-0.2, 0) is 13.5 Å². The van der Waals surface area contributed by atoms with Crippen LogP contribution in [0.4, 0.5) is 0 Å². The highest BCUT2D eigenvalue weighted by Gasteiger charge is 2.34. The highest BCUT2D eigenvalue weighted by molar-refractivity contribution is 6.27. The Kier molecular flexibility index (Phi) is 3.47. The standard InChI is InChI=1S/C23H18N2O2/c1-25-19(13-15-9-6-8-14-7-2-3-10-16(14)15)24-20-21(25)23(27)18-12-5-4-11-17(18)22(20)26/h2-5,7,10-13H,6,8-9H2,1H3/b15-13+. The minimum absolute atomic E-state index is 0.135. The van der Waals surface area contributed by atoms with Gasteiger partial charge in [-0.25, -0.2) is 4.98 Å². The topological polar surface area (TPSA) is 52.0 Å². The number of ketones is 2. The summed E-state index contributed by atoms with van der Waals surface area (Å²) < 4.78 is 1.76. The van der Waals surface area contributed by atoms with Gasteiger partial charge in [0.15, 0.2) is 0 Å². The maximum Gasteiger partial charge on any atom is 0.214 e. The molecule has 2 aliphatic carbocycles. The maximum absolute atomic E-state index is 12.9. The predicted octanol–water partition coefficient (Wildman–Crippen LogP) is 4.07.